The highest BCUT2D eigenvalue weighted by molar-refractivity contribution is 8.18. The molecule has 1 aromatic carbocycles. The number of halogens is 2. The molecule has 0 radical (unpaired) electrons. The van der Waals surface area contributed by atoms with Crippen molar-refractivity contribution in [1.29, 1.82) is 0 Å². The van der Waals surface area contributed by atoms with Gasteiger partial charge in [0.15, 0.2) is 5.17 Å². The van der Waals surface area contributed by atoms with Crippen molar-refractivity contribution in [2.45, 2.75) is 0 Å². The molecule has 2 rings (SSSR count). The van der Waals surface area contributed by atoms with Crippen molar-refractivity contribution in [1.82, 2.24) is 5.32 Å². The molecule has 1 saturated heterocycles. The molecule has 1 heterocycles. The van der Waals surface area contributed by atoms with Crippen molar-refractivity contribution < 1.29 is 19.4 Å². The van der Waals surface area contributed by atoms with Gasteiger partial charge < -0.3 is 9.84 Å². The van der Waals surface area contributed by atoms with Crippen molar-refractivity contribution in [2.75, 3.05) is 7.11 Å². The third-order valence-electron chi connectivity index (χ3n) is 2.54. The highest BCUT2D eigenvalue weighted by Gasteiger charge is 2.25. The number of benzene rings is 1. The number of carbonyl (C=O) groups excluding carboxylic acids is 2. The third-order valence-corrected chi connectivity index (χ3v) is 4.32. The maximum atomic E-state index is 11.6. The van der Waals surface area contributed by atoms with E-state index in [9.17, 15) is 14.7 Å². The molecule has 1 fully saturated rings. The molecule has 0 atom stereocenters. The first kappa shape index (κ1) is 17.3. The van der Waals surface area contributed by atoms with Gasteiger partial charge in [-0.25, -0.2) is 4.79 Å². The van der Waals surface area contributed by atoms with Crippen molar-refractivity contribution in [3.05, 3.63) is 38.7 Å². The minimum Gasteiger partial charge on any atom is -0.506 e. The number of aromatic hydroxyl groups is 1. The molecule has 0 bridgehead atoms. The highest BCUT2D eigenvalue weighted by atomic mass is 35.5. The van der Waals surface area contributed by atoms with E-state index in [1.807, 2.05) is 0 Å². The molecule has 1 aliphatic rings. The summed E-state index contributed by atoms with van der Waals surface area (Å²) in [7, 11) is 1.21. The van der Waals surface area contributed by atoms with Crippen molar-refractivity contribution in [3.8, 4) is 5.75 Å². The average Bonchev–Trinajstić information content (AvgIpc) is 2.87. The number of thioether (sulfide) groups is 1. The molecule has 23 heavy (non-hydrogen) atoms. The summed E-state index contributed by atoms with van der Waals surface area (Å²) < 4.78 is 4.44. The van der Waals surface area contributed by atoms with E-state index >= 15 is 0 Å². The number of hydrogen-bond acceptors (Lipinski definition) is 7. The Morgan fingerprint density at radius 2 is 2.13 bits per heavy atom. The van der Waals surface area contributed by atoms with E-state index in [0.717, 1.165) is 17.8 Å². The van der Waals surface area contributed by atoms with Crippen LogP contribution in [0, 0.1) is 0 Å². The lowest BCUT2D eigenvalue weighted by Crippen LogP contribution is -2.19. The summed E-state index contributed by atoms with van der Waals surface area (Å²) in [6.45, 7) is 0. The first-order valence-electron chi connectivity index (χ1n) is 5.99. The highest BCUT2D eigenvalue weighted by Crippen LogP contribution is 2.33. The second-order valence-corrected chi connectivity index (χ2v) is 5.83. The Bertz CT molecular complexity index is 762. The minimum atomic E-state index is -0.641. The van der Waals surface area contributed by atoms with Crippen LogP contribution in [0.4, 0.5) is 0 Å². The predicted octanol–water partition coefficient (Wildman–Crippen LogP) is 2.31. The lowest BCUT2D eigenvalue weighted by molar-refractivity contribution is -0.135. The van der Waals surface area contributed by atoms with Gasteiger partial charge in [-0.1, -0.05) is 23.2 Å². The zero-order valence-corrected chi connectivity index (χ0v) is 13.9. The first-order chi connectivity index (χ1) is 10.9. The molecular weight excluding hydrogens is 365 g/mol. The topological polar surface area (TPSA) is 100 Å². The van der Waals surface area contributed by atoms with Gasteiger partial charge in [0.25, 0.3) is 5.91 Å². The van der Waals surface area contributed by atoms with Crippen LogP contribution in [-0.2, 0) is 14.3 Å². The lowest BCUT2D eigenvalue weighted by Gasteiger charge is -2.01. The summed E-state index contributed by atoms with van der Waals surface area (Å²) in [6, 6.07) is 2.88. The van der Waals surface area contributed by atoms with E-state index in [-0.39, 0.29) is 25.9 Å². The summed E-state index contributed by atoms with van der Waals surface area (Å²) >= 11 is 12.7. The Hall–Kier alpha value is -2.03. The van der Waals surface area contributed by atoms with E-state index in [4.69, 9.17) is 23.2 Å². The standard InChI is InChI=1S/C13H9Cl2N3O4S/c1-22-9(20)4-8-12(21)17-13(23-8)18-16-5-6-2-3-7(19)11(15)10(6)14/h2-5,19H,1H3,(H,17,18,21)/b8-4+,16-5?. The quantitative estimate of drug-likeness (QED) is 0.366. The van der Waals surface area contributed by atoms with Crippen LogP contribution >= 0.6 is 35.0 Å². The summed E-state index contributed by atoms with van der Waals surface area (Å²) in [5, 5.41) is 19.8. The molecule has 1 amide bonds. The number of hydrogen-bond donors (Lipinski definition) is 2. The third kappa shape index (κ3) is 4.25. The van der Waals surface area contributed by atoms with Gasteiger partial charge in [0.2, 0.25) is 0 Å². The number of nitrogens with zero attached hydrogens (tertiary/aromatic N) is 2. The smallest absolute Gasteiger partial charge is 0.331 e. The molecular formula is C13H9Cl2N3O4S. The van der Waals surface area contributed by atoms with Crippen LogP contribution in [0.3, 0.4) is 0 Å². The number of nitrogens with one attached hydrogen (secondary N) is 1. The summed E-state index contributed by atoms with van der Waals surface area (Å²) in [5.74, 6) is -1.26. The fourth-order valence-electron chi connectivity index (χ4n) is 1.44. The van der Waals surface area contributed by atoms with Crippen LogP contribution in [0.5, 0.6) is 5.75 Å². The first-order valence-corrected chi connectivity index (χ1v) is 7.56. The van der Waals surface area contributed by atoms with Crippen LogP contribution in [0.1, 0.15) is 5.56 Å². The van der Waals surface area contributed by atoms with E-state index < -0.39 is 11.9 Å². The molecule has 120 valence electrons. The van der Waals surface area contributed by atoms with Crippen LogP contribution in [0.25, 0.3) is 0 Å². The Kier molecular flexibility index (Phi) is 5.64. The molecule has 2 N–H and O–H groups in total. The van der Waals surface area contributed by atoms with Gasteiger partial charge >= 0.3 is 5.97 Å². The molecule has 0 aromatic heterocycles. The fraction of sp³-hybridized carbons (Fsp3) is 0.0769. The van der Waals surface area contributed by atoms with Crippen molar-refractivity contribution >= 4 is 58.2 Å². The Morgan fingerprint density at radius 3 is 2.83 bits per heavy atom. The van der Waals surface area contributed by atoms with E-state index in [1.165, 1.54) is 25.5 Å². The normalized spacial score (nSPS) is 18.0. The van der Waals surface area contributed by atoms with Gasteiger partial charge in [-0.2, -0.15) is 5.10 Å². The molecule has 0 aliphatic carbocycles. The van der Waals surface area contributed by atoms with Crippen LogP contribution in [-0.4, -0.2) is 35.5 Å². The largest absolute Gasteiger partial charge is 0.506 e. The minimum absolute atomic E-state index is 0.00936. The lowest BCUT2D eigenvalue weighted by atomic mass is 10.2. The number of amides is 1. The van der Waals surface area contributed by atoms with E-state index in [1.54, 1.807) is 0 Å². The van der Waals surface area contributed by atoms with E-state index in [0.29, 0.717) is 5.56 Å². The number of ether oxygens (including phenoxy) is 1. The number of carbonyl (C=O) groups is 2. The van der Waals surface area contributed by atoms with Gasteiger partial charge in [-0.3, -0.25) is 10.1 Å². The molecule has 10 heteroatoms. The molecule has 0 unspecified atom stereocenters. The number of phenolic OH excluding ortho intramolecular Hbond substituents is 1. The zero-order chi connectivity index (χ0) is 17.0. The van der Waals surface area contributed by atoms with E-state index in [2.05, 4.69) is 20.3 Å². The second kappa shape index (κ2) is 7.49. The van der Waals surface area contributed by atoms with Crippen LogP contribution in [0.15, 0.2) is 33.3 Å². The zero-order valence-electron chi connectivity index (χ0n) is 11.5. The number of amidine groups is 1. The fourth-order valence-corrected chi connectivity index (χ4v) is 2.56. The molecule has 0 spiro atoms. The predicted molar refractivity (Wildman–Crippen MR) is 89.0 cm³/mol. The monoisotopic (exact) mass is 373 g/mol. The van der Waals surface area contributed by atoms with Gasteiger partial charge in [0.1, 0.15) is 10.8 Å². The van der Waals surface area contributed by atoms with Gasteiger partial charge in [-0.15, -0.1) is 5.10 Å². The number of methoxy groups -OCH3 is 1. The maximum absolute atomic E-state index is 11.6. The van der Waals surface area contributed by atoms with Gasteiger partial charge in [-0.05, 0) is 23.9 Å². The number of phenols is 1. The summed E-state index contributed by atoms with van der Waals surface area (Å²) in [5.41, 5.74) is 0.443. The Balaban J connectivity index is 2.13. The summed E-state index contributed by atoms with van der Waals surface area (Å²) in [6.07, 6.45) is 2.37. The van der Waals surface area contributed by atoms with Gasteiger partial charge in [0, 0.05) is 11.6 Å². The molecule has 1 aromatic rings. The van der Waals surface area contributed by atoms with Crippen molar-refractivity contribution in [3.63, 3.8) is 0 Å². The van der Waals surface area contributed by atoms with Crippen molar-refractivity contribution in [2.24, 2.45) is 10.2 Å². The molecule has 0 saturated carbocycles. The molecule has 7 nitrogen and oxygen atoms in total. The maximum Gasteiger partial charge on any atom is 0.331 e. The Morgan fingerprint density at radius 1 is 1.39 bits per heavy atom. The number of rotatable bonds is 3. The Labute approximate surface area is 145 Å². The SMILES string of the molecule is COC(=O)/C=C1/S/C(=N\N=Cc2ccc(O)c(Cl)c2Cl)NC1=O. The average molecular weight is 374 g/mol. The van der Waals surface area contributed by atoms with Crippen LogP contribution in [0.2, 0.25) is 10.0 Å². The molecule has 1 aliphatic heterocycles. The second-order valence-electron chi connectivity index (χ2n) is 4.04. The number of esters is 1. The van der Waals surface area contributed by atoms with Gasteiger partial charge in [0.05, 0.1) is 23.3 Å². The van der Waals surface area contributed by atoms with Crippen LogP contribution < -0.4 is 5.32 Å². The summed E-state index contributed by atoms with van der Waals surface area (Å²) in [4.78, 5) is 22.9.